The molecule has 0 radical (unpaired) electrons. The fraction of sp³-hybridized carbons (Fsp3) is 0.111. The van der Waals surface area contributed by atoms with Crippen molar-refractivity contribution in [1.82, 2.24) is 0 Å². The predicted octanol–water partition coefficient (Wildman–Crippen LogP) is 0.935. The molecule has 1 aromatic carbocycles. The number of para-hydroxylation sites is 1. The van der Waals surface area contributed by atoms with Gasteiger partial charge in [-0.1, -0.05) is 17.7 Å². The van der Waals surface area contributed by atoms with E-state index < -0.39 is 11.9 Å². The highest BCUT2D eigenvalue weighted by atomic mass is 35.5. The van der Waals surface area contributed by atoms with Crippen molar-refractivity contribution in [3.05, 3.63) is 28.8 Å². The molecule has 0 unspecified atom stereocenters. The van der Waals surface area contributed by atoms with Gasteiger partial charge in [0, 0.05) is 0 Å². The number of carbonyl (C=O) groups is 2. The molecule has 15 heavy (non-hydrogen) atoms. The van der Waals surface area contributed by atoms with Crippen molar-refractivity contribution in [2.24, 2.45) is 5.73 Å². The number of benzene rings is 1. The van der Waals surface area contributed by atoms with Gasteiger partial charge in [0.1, 0.15) is 6.54 Å². The summed E-state index contributed by atoms with van der Waals surface area (Å²) in [6.07, 6.45) is 0. The summed E-state index contributed by atoms with van der Waals surface area (Å²) in [7, 11) is 0. The van der Waals surface area contributed by atoms with Crippen LogP contribution in [0, 0.1) is 0 Å². The van der Waals surface area contributed by atoms with Gasteiger partial charge in [0.15, 0.2) is 0 Å². The minimum Gasteiger partial charge on any atom is -0.480 e. The fourth-order valence-corrected chi connectivity index (χ4v) is 1.31. The molecular formula is C9H9ClN2O3. The molecule has 0 spiro atoms. The number of rotatable bonds is 4. The molecule has 80 valence electrons. The van der Waals surface area contributed by atoms with Gasteiger partial charge < -0.3 is 16.2 Å². The zero-order valence-corrected chi connectivity index (χ0v) is 8.41. The Labute approximate surface area is 90.8 Å². The number of primary amides is 1. The summed E-state index contributed by atoms with van der Waals surface area (Å²) in [6, 6.07) is 4.57. The van der Waals surface area contributed by atoms with Gasteiger partial charge in [0.25, 0.3) is 5.91 Å². The maximum atomic E-state index is 11.0. The van der Waals surface area contributed by atoms with Crippen LogP contribution in [0.5, 0.6) is 0 Å². The van der Waals surface area contributed by atoms with Crippen LogP contribution >= 0.6 is 11.6 Å². The molecule has 0 fully saturated rings. The van der Waals surface area contributed by atoms with E-state index in [0.29, 0.717) is 0 Å². The number of hydrogen-bond donors (Lipinski definition) is 3. The van der Waals surface area contributed by atoms with Gasteiger partial charge in [-0.05, 0) is 12.1 Å². The first-order valence-corrected chi connectivity index (χ1v) is 4.44. The van der Waals surface area contributed by atoms with Gasteiger partial charge >= 0.3 is 5.97 Å². The zero-order valence-electron chi connectivity index (χ0n) is 7.66. The molecule has 0 aliphatic heterocycles. The third-order valence-corrected chi connectivity index (χ3v) is 2.01. The molecular weight excluding hydrogens is 220 g/mol. The van der Waals surface area contributed by atoms with Crippen LogP contribution in [-0.4, -0.2) is 23.5 Å². The largest absolute Gasteiger partial charge is 0.480 e. The summed E-state index contributed by atoms with van der Waals surface area (Å²) in [6.45, 7) is -0.329. The number of amides is 1. The lowest BCUT2D eigenvalue weighted by Crippen LogP contribution is -2.18. The Kier molecular flexibility index (Phi) is 3.51. The van der Waals surface area contributed by atoms with Crippen LogP contribution in [0.3, 0.4) is 0 Å². The van der Waals surface area contributed by atoms with Crippen molar-refractivity contribution in [3.63, 3.8) is 0 Å². The molecule has 0 aliphatic rings. The maximum absolute atomic E-state index is 11.0. The maximum Gasteiger partial charge on any atom is 0.322 e. The Hall–Kier alpha value is -1.75. The lowest BCUT2D eigenvalue weighted by Gasteiger charge is -2.09. The summed E-state index contributed by atoms with van der Waals surface area (Å²) < 4.78 is 0. The summed E-state index contributed by atoms with van der Waals surface area (Å²) in [5.74, 6) is -1.71. The highest BCUT2D eigenvalue weighted by Gasteiger charge is 2.11. The number of nitrogens with one attached hydrogen (secondary N) is 1. The van der Waals surface area contributed by atoms with Crippen molar-refractivity contribution >= 4 is 29.2 Å². The third-order valence-electron chi connectivity index (χ3n) is 1.70. The molecule has 1 aromatic rings. The van der Waals surface area contributed by atoms with Crippen molar-refractivity contribution in [2.45, 2.75) is 0 Å². The van der Waals surface area contributed by atoms with Crippen molar-refractivity contribution in [1.29, 1.82) is 0 Å². The molecule has 0 saturated heterocycles. The van der Waals surface area contributed by atoms with Crippen molar-refractivity contribution in [2.75, 3.05) is 11.9 Å². The van der Waals surface area contributed by atoms with E-state index in [-0.39, 0.29) is 22.8 Å². The predicted molar refractivity (Wildman–Crippen MR) is 56.1 cm³/mol. The molecule has 0 saturated carbocycles. The minimum atomic E-state index is -1.05. The monoisotopic (exact) mass is 228 g/mol. The fourth-order valence-electron chi connectivity index (χ4n) is 1.07. The van der Waals surface area contributed by atoms with E-state index in [1.54, 1.807) is 6.07 Å². The van der Waals surface area contributed by atoms with E-state index in [1.807, 2.05) is 0 Å². The average Bonchev–Trinajstić information content (AvgIpc) is 2.15. The van der Waals surface area contributed by atoms with E-state index in [2.05, 4.69) is 5.32 Å². The van der Waals surface area contributed by atoms with Crippen LogP contribution in [0.25, 0.3) is 0 Å². The van der Waals surface area contributed by atoms with E-state index in [9.17, 15) is 9.59 Å². The Morgan fingerprint density at radius 1 is 1.47 bits per heavy atom. The normalized spacial score (nSPS) is 9.67. The van der Waals surface area contributed by atoms with E-state index in [1.165, 1.54) is 12.1 Å². The molecule has 5 nitrogen and oxygen atoms in total. The Balaban J connectivity index is 3.02. The number of carboxylic acids is 1. The van der Waals surface area contributed by atoms with Crippen molar-refractivity contribution in [3.8, 4) is 0 Å². The smallest absolute Gasteiger partial charge is 0.322 e. The number of carbonyl (C=O) groups excluding carboxylic acids is 1. The summed E-state index contributed by atoms with van der Waals surface area (Å²) >= 11 is 5.79. The average molecular weight is 229 g/mol. The molecule has 4 N–H and O–H groups in total. The van der Waals surface area contributed by atoms with Gasteiger partial charge in [0.05, 0.1) is 16.3 Å². The Bertz CT molecular complexity index is 406. The van der Waals surface area contributed by atoms with Crippen LogP contribution in [0.15, 0.2) is 18.2 Å². The number of hydrogen-bond acceptors (Lipinski definition) is 3. The lowest BCUT2D eigenvalue weighted by molar-refractivity contribution is -0.134. The zero-order chi connectivity index (χ0) is 11.4. The van der Waals surface area contributed by atoms with Crippen LogP contribution in [-0.2, 0) is 4.79 Å². The van der Waals surface area contributed by atoms with Crippen LogP contribution in [0.1, 0.15) is 10.4 Å². The van der Waals surface area contributed by atoms with E-state index >= 15 is 0 Å². The summed E-state index contributed by atoms with van der Waals surface area (Å²) in [5, 5.41) is 11.3. The van der Waals surface area contributed by atoms with Gasteiger partial charge in [-0.2, -0.15) is 0 Å². The second-order valence-electron chi connectivity index (χ2n) is 2.77. The molecule has 0 atom stereocenters. The van der Waals surface area contributed by atoms with Crippen molar-refractivity contribution < 1.29 is 14.7 Å². The van der Waals surface area contributed by atoms with Gasteiger partial charge in [0.2, 0.25) is 0 Å². The quantitative estimate of drug-likeness (QED) is 0.715. The second kappa shape index (κ2) is 4.65. The number of aliphatic carboxylic acids is 1. The second-order valence-corrected chi connectivity index (χ2v) is 3.18. The molecule has 0 bridgehead atoms. The van der Waals surface area contributed by atoms with E-state index in [0.717, 1.165) is 0 Å². The number of halogens is 1. The van der Waals surface area contributed by atoms with Gasteiger partial charge in [-0.25, -0.2) is 0 Å². The molecule has 0 heterocycles. The first-order chi connectivity index (χ1) is 7.02. The standard InChI is InChI=1S/C9H9ClN2O3/c10-6-3-1-2-5(9(11)15)8(6)12-4-7(13)14/h1-3,12H,4H2,(H2,11,15)(H,13,14). The Morgan fingerprint density at radius 2 is 2.13 bits per heavy atom. The topological polar surface area (TPSA) is 92.4 Å². The molecule has 0 aliphatic carbocycles. The molecule has 1 rings (SSSR count). The first-order valence-electron chi connectivity index (χ1n) is 4.06. The van der Waals surface area contributed by atoms with Crippen LogP contribution in [0.4, 0.5) is 5.69 Å². The molecule has 0 aromatic heterocycles. The molecule has 1 amide bonds. The minimum absolute atomic E-state index is 0.170. The van der Waals surface area contributed by atoms with Gasteiger partial charge in [-0.3, -0.25) is 9.59 Å². The lowest BCUT2D eigenvalue weighted by atomic mass is 10.1. The number of anilines is 1. The van der Waals surface area contributed by atoms with Crippen LogP contribution in [0.2, 0.25) is 5.02 Å². The number of carboxylic acid groups (broad SMARTS) is 1. The first kappa shape index (κ1) is 11.3. The highest BCUT2D eigenvalue weighted by Crippen LogP contribution is 2.25. The summed E-state index contributed by atoms with van der Waals surface area (Å²) in [4.78, 5) is 21.3. The third kappa shape index (κ3) is 2.85. The summed E-state index contributed by atoms with van der Waals surface area (Å²) in [5.41, 5.74) is 5.52. The highest BCUT2D eigenvalue weighted by molar-refractivity contribution is 6.34. The Morgan fingerprint density at radius 3 is 2.67 bits per heavy atom. The van der Waals surface area contributed by atoms with Gasteiger partial charge in [-0.15, -0.1) is 0 Å². The SMILES string of the molecule is NC(=O)c1cccc(Cl)c1NCC(=O)O. The van der Waals surface area contributed by atoms with E-state index in [4.69, 9.17) is 22.4 Å². The number of nitrogens with two attached hydrogens (primary N) is 1. The molecule has 6 heteroatoms. The van der Waals surface area contributed by atoms with Crippen LogP contribution < -0.4 is 11.1 Å².